The quantitative estimate of drug-likeness (QED) is 0.474. The Balaban J connectivity index is 1.85. The molecule has 0 aliphatic rings. The van der Waals surface area contributed by atoms with Gasteiger partial charge in [-0.2, -0.15) is 0 Å². The highest BCUT2D eigenvalue weighted by Gasteiger charge is 2.16. The maximum Gasteiger partial charge on any atom is 0.257 e. The van der Waals surface area contributed by atoms with E-state index in [-0.39, 0.29) is 5.91 Å². The van der Waals surface area contributed by atoms with E-state index < -0.39 is 0 Å². The summed E-state index contributed by atoms with van der Waals surface area (Å²) in [7, 11) is 0. The highest BCUT2D eigenvalue weighted by atomic mass is 35.5. The molecule has 4 aromatic rings. The van der Waals surface area contributed by atoms with Gasteiger partial charge < -0.3 is 5.32 Å². The second-order valence-corrected chi connectivity index (χ2v) is 6.71. The van der Waals surface area contributed by atoms with Gasteiger partial charge in [-0.05, 0) is 42.5 Å². The summed E-state index contributed by atoms with van der Waals surface area (Å²) in [6.45, 7) is 0. The second-order valence-electron chi connectivity index (χ2n) is 5.87. The van der Waals surface area contributed by atoms with Gasteiger partial charge in [0.25, 0.3) is 5.91 Å². The van der Waals surface area contributed by atoms with Crippen LogP contribution in [0.2, 0.25) is 10.0 Å². The topological polar surface area (TPSA) is 54.9 Å². The van der Waals surface area contributed by atoms with Crippen LogP contribution in [-0.2, 0) is 0 Å². The highest BCUT2D eigenvalue weighted by molar-refractivity contribution is 6.36. The number of hydrogen-bond donors (Lipinski definition) is 1. The maximum atomic E-state index is 12.9. The molecule has 4 nitrogen and oxygen atoms in total. The molecule has 1 amide bonds. The van der Waals surface area contributed by atoms with Crippen molar-refractivity contribution in [3.05, 3.63) is 88.5 Å². The van der Waals surface area contributed by atoms with Crippen LogP contribution in [0, 0.1) is 0 Å². The Morgan fingerprint density at radius 3 is 2.52 bits per heavy atom. The average molecular weight is 394 g/mol. The predicted molar refractivity (Wildman–Crippen MR) is 109 cm³/mol. The summed E-state index contributed by atoms with van der Waals surface area (Å²) in [6, 6.07) is 19.7. The van der Waals surface area contributed by atoms with E-state index in [1.807, 2.05) is 30.3 Å². The zero-order valence-corrected chi connectivity index (χ0v) is 15.5. The monoisotopic (exact) mass is 393 g/mol. The molecule has 0 radical (unpaired) electrons. The summed E-state index contributed by atoms with van der Waals surface area (Å²) in [5.74, 6) is 0.216. The molecule has 1 N–H and O–H groups in total. The zero-order valence-electron chi connectivity index (χ0n) is 14.0. The molecule has 6 heteroatoms. The Hall–Kier alpha value is -2.95. The van der Waals surface area contributed by atoms with E-state index in [0.717, 1.165) is 5.39 Å². The summed E-state index contributed by atoms with van der Waals surface area (Å²) < 4.78 is 0. The van der Waals surface area contributed by atoms with Crippen LogP contribution in [0.3, 0.4) is 0 Å². The highest BCUT2D eigenvalue weighted by Crippen LogP contribution is 2.32. The molecule has 132 valence electrons. The standard InChI is InChI=1S/C21H13Cl2N3O/c22-13-8-9-15(17(23)11-13)19-12-16(14-5-1-2-6-18(14)25-19)21(27)26-20-7-3-4-10-24-20/h1-12H,(H,24,26,27). The molecule has 0 aliphatic carbocycles. The number of benzene rings is 2. The third kappa shape index (κ3) is 3.63. The number of rotatable bonds is 3. The fraction of sp³-hybridized carbons (Fsp3) is 0. The lowest BCUT2D eigenvalue weighted by atomic mass is 10.0. The molecule has 27 heavy (non-hydrogen) atoms. The molecule has 0 saturated heterocycles. The van der Waals surface area contributed by atoms with Crippen LogP contribution >= 0.6 is 23.2 Å². The number of anilines is 1. The van der Waals surface area contributed by atoms with Crippen molar-refractivity contribution in [3.8, 4) is 11.3 Å². The minimum Gasteiger partial charge on any atom is -0.307 e. The molecule has 0 atom stereocenters. The SMILES string of the molecule is O=C(Nc1ccccn1)c1cc(-c2ccc(Cl)cc2Cl)nc2ccccc12. The molecule has 0 unspecified atom stereocenters. The summed E-state index contributed by atoms with van der Waals surface area (Å²) in [6.07, 6.45) is 1.62. The van der Waals surface area contributed by atoms with Crippen molar-refractivity contribution < 1.29 is 4.79 Å². The molecule has 2 aromatic heterocycles. The summed E-state index contributed by atoms with van der Waals surface area (Å²) >= 11 is 12.3. The van der Waals surface area contributed by atoms with E-state index in [0.29, 0.717) is 38.2 Å². The predicted octanol–water partition coefficient (Wildman–Crippen LogP) is 5.86. The van der Waals surface area contributed by atoms with Gasteiger partial charge in [-0.25, -0.2) is 9.97 Å². The lowest BCUT2D eigenvalue weighted by Gasteiger charge is -2.11. The fourth-order valence-electron chi connectivity index (χ4n) is 2.82. The average Bonchev–Trinajstić information content (AvgIpc) is 2.68. The van der Waals surface area contributed by atoms with Crippen molar-refractivity contribution in [1.29, 1.82) is 0 Å². The van der Waals surface area contributed by atoms with Gasteiger partial charge in [0, 0.05) is 22.2 Å². The van der Waals surface area contributed by atoms with Gasteiger partial charge in [-0.15, -0.1) is 0 Å². The Morgan fingerprint density at radius 1 is 0.926 bits per heavy atom. The number of pyridine rings is 2. The number of halogens is 2. The molecule has 0 fully saturated rings. The summed E-state index contributed by atoms with van der Waals surface area (Å²) in [5.41, 5.74) is 2.50. The normalized spacial score (nSPS) is 10.7. The van der Waals surface area contributed by atoms with Gasteiger partial charge in [0.1, 0.15) is 5.82 Å². The molecular formula is C21H13Cl2N3O. The van der Waals surface area contributed by atoms with E-state index in [9.17, 15) is 4.79 Å². The Kier molecular flexibility index (Phi) is 4.75. The maximum absolute atomic E-state index is 12.9. The Morgan fingerprint density at radius 2 is 1.74 bits per heavy atom. The minimum absolute atomic E-state index is 0.265. The molecule has 0 saturated carbocycles. The third-order valence-electron chi connectivity index (χ3n) is 4.07. The number of aromatic nitrogens is 2. The number of nitrogens with one attached hydrogen (secondary N) is 1. The number of para-hydroxylation sites is 1. The first kappa shape index (κ1) is 17.5. The van der Waals surface area contributed by atoms with E-state index in [2.05, 4.69) is 15.3 Å². The van der Waals surface area contributed by atoms with Gasteiger partial charge in [0.05, 0.1) is 21.8 Å². The Labute approximate surface area is 165 Å². The van der Waals surface area contributed by atoms with Gasteiger partial charge in [-0.3, -0.25) is 4.79 Å². The van der Waals surface area contributed by atoms with E-state index in [1.54, 1.807) is 42.6 Å². The molecule has 0 aliphatic heterocycles. The van der Waals surface area contributed by atoms with Crippen molar-refractivity contribution in [3.63, 3.8) is 0 Å². The lowest BCUT2D eigenvalue weighted by Crippen LogP contribution is -2.14. The minimum atomic E-state index is -0.265. The number of amides is 1. The van der Waals surface area contributed by atoms with Gasteiger partial charge in [0.15, 0.2) is 0 Å². The van der Waals surface area contributed by atoms with Gasteiger partial charge >= 0.3 is 0 Å². The molecule has 0 spiro atoms. The van der Waals surface area contributed by atoms with Crippen molar-refractivity contribution in [2.45, 2.75) is 0 Å². The lowest BCUT2D eigenvalue weighted by molar-refractivity contribution is 0.102. The van der Waals surface area contributed by atoms with Crippen LogP contribution in [-0.4, -0.2) is 15.9 Å². The first-order valence-electron chi connectivity index (χ1n) is 8.19. The molecule has 0 bridgehead atoms. The fourth-order valence-corrected chi connectivity index (χ4v) is 3.32. The Bertz CT molecular complexity index is 1150. The van der Waals surface area contributed by atoms with Crippen LogP contribution < -0.4 is 5.32 Å². The third-order valence-corrected chi connectivity index (χ3v) is 4.62. The molecule has 4 rings (SSSR count). The first-order chi connectivity index (χ1) is 13.1. The van der Waals surface area contributed by atoms with E-state index in [4.69, 9.17) is 23.2 Å². The zero-order chi connectivity index (χ0) is 18.8. The smallest absolute Gasteiger partial charge is 0.257 e. The molecule has 2 aromatic carbocycles. The van der Waals surface area contributed by atoms with Gasteiger partial charge in [-0.1, -0.05) is 47.5 Å². The van der Waals surface area contributed by atoms with Crippen molar-refractivity contribution in [2.24, 2.45) is 0 Å². The van der Waals surface area contributed by atoms with E-state index in [1.165, 1.54) is 0 Å². The van der Waals surface area contributed by atoms with E-state index >= 15 is 0 Å². The molecule has 2 heterocycles. The van der Waals surface area contributed by atoms with Crippen LogP contribution in [0.15, 0.2) is 72.9 Å². The summed E-state index contributed by atoms with van der Waals surface area (Å²) in [4.78, 5) is 21.7. The van der Waals surface area contributed by atoms with Crippen molar-refractivity contribution in [2.75, 3.05) is 5.32 Å². The largest absolute Gasteiger partial charge is 0.307 e. The second kappa shape index (κ2) is 7.35. The van der Waals surface area contributed by atoms with Crippen molar-refractivity contribution in [1.82, 2.24) is 9.97 Å². The number of fused-ring (bicyclic) bond motifs is 1. The number of carbonyl (C=O) groups excluding carboxylic acids is 1. The van der Waals surface area contributed by atoms with Crippen molar-refractivity contribution >= 4 is 45.8 Å². The number of carbonyl (C=O) groups is 1. The van der Waals surface area contributed by atoms with Crippen LogP contribution in [0.1, 0.15) is 10.4 Å². The number of nitrogens with zero attached hydrogens (tertiary/aromatic N) is 2. The van der Waals surface area contributed by atoms with Crippen LogP contribution in [0.4, 0.5) is 5.82 Å². The molecular weight excluding hydrogens is 381 g/mol. The first-order valence-corrected chi connectivity index (χ1v) is 8.95. The van der Waals surface area contributed by atoms with Crippen LogP contribution in [0.5, 0.6) is 0 Å². The summed E-state index contributed by atoms with van der Waals surface area (Å²) in [5, 5.41) is 4.58. The van der Waals surface area contributed by atoms with Crippen LogP contribution in [0.25, 0.3) is 22.2 Å². The van der Waals surface area contributed by atoms with Gasteiger partial charge in [0.2, 0.25) is 0 Å². The number of hydrogen-bond acceptors (Lipinski definition) is 3.